The molecule has 92 valence electrons. The Bertz CT molecular complexity index is 585. The van der Waals surface area contributed by atoms with Crippen molar-refractivity contribution in [2.45, 2.75) is 0 Å². The normalized spacial score (nSPS) is 10.9. The van der Waals surface area contributed by atoms with Gasteiger partial charge in [0.15, 0.2) is 17.2 Å². The minimum Gasteiger partial charge on any atom is -0.508 e. The van der Waals surface area contributed by atoms with E-state index in [0.29, 0.717) is 11.3 Å². The molecular weight excluding hydrogens is 234 g/mol. The summed E-state index contributed by atoms with van der Waals surface area (Å²) in [5.41, 5.74) is 0.952. The minimum atomic E-state index is -0.565. The molecule has 0 aliphatic heterocycles. The van der Waals surface area contributed by atoms with Crippen molar-refractivity contribution in [2.24, 2.45) is 4.99 Å². The zero-order valence-electron chi connectivity index (χ0n) is 9.28. The lowest BCUT2D eigenvalue weighted by Crippen LogP contribution is -1.81. The third-order valence-corrected chi connectivity index (χ3v) is 2.28. The van der Waals surface area contributed by atoms with Gasteiger partial charge in [0.25, 0.3) is 0 Å². The van der Waals surface area contributed by atoms with E-state index in [1.165, 1.54) is 30.5 Å². The van der Waals surface area contributed by atoms with E-state index < -0.39 is 17.2 Å². The van der Waals surface area contributed by atoms with Crippen molar-refractivity contribution in [3.63, 3.8) is 0 Å². The van der Waals surface area contributed by atoms with Gasteiger partial charge in [0, 0.05) is 17.8 Å². The maximum Gasteiger partial charge on any atom is 0.200 e. The number of hydrogen-bond donors (Lipinski definition) is 4. The molecule has 0 amide bonds. The standard InChI is InChI=1S/C13H11NO4/c15-10-3-1-2-9(6-10)14-7-8-4-11(16)13(18)12(17)5-8/h1-7,15-18H/b14-7+. The molecule has 0 radical (unpaired) electrons. The van der Waals surface area contributed by atoms with Gasteiger partial charge in [-0.3, -0.25) is 4.99 Å². The van der Waals surface area contributed by atoms with E-state index in [4.69, 9.17) is 0 Å². The number of phenols is 4. The Morgan fingerprint density at radius 2 is 1.56 bits per heavy atom. The summed E-state index contributed by atoms with van der Waals surface area (Å²) in [4.78, 5) is 4.06. The molecule has 0 aliphatic rings. The molecule has 5 nitrogen and oxygen atoms in total. The lowest BCUT2D eigenvalue weighted by Gasteiger charge is -2.02. The van der Waals surface area contributed by atoms with E-state index in [2.05, 4.69) is 4.99 Å². The smallest absolute Gasteiger partial charge is 0.200 e. The maximum absolute atomic E-state index is 9.31. The molecular formula is C13H11NO4. The Morgan fingerprint density at radius 3 is 2.17 bits per heavy atom. The first-order valence-electron chi connectivity index (χ1n) is 5.14. The quantitative estimate of drug-likeness (QED) is 0.482. The second-order valence-electron chi connectivity index (χ2n) is 3.69. The summed E-state index contributed by atoms with van der Waals surface area (Å²) in [5, 5.41) is 37.0. The van der Waals surface area contributed by atoms with Gasteiger partial charge in [0.05, 0.1) is 5.69 Å². The molecule has 0 atom stereocenters. The van der Waals surface area contributed by atoms with Crippen LogP contribution in [0, 0.1) is 0 Å². The van der Waals surface area contributed by atoms with E-state index in [1.807, 2.05) is 0 Å². The van der Waals surface area contributed by atoms with Gasteiger partial charge in [-0.05, 0) is 24.3 Å². The van der Waals surface area contributed by atoms with Gasteiger partial charge < -0.3 is 20.4 Å². The van der Waals surface area contributed by atoms with Crippen LogP contribution in [0.4, 0.5) is 5.69 Å². The molecule has 5 heteroatoms. The first kappa shape index (κ1) is 11.8. The molecule has 2 aromatic rings. The SMILES string of the molecule is Oc1cccc(/N=C/c2cc(O)c(O)c(O)c2)c1. The second-order valence-corrected chi connectivity index (χ2v) is 3.69. The summed E-state index contributed by atoms with van der Waals surface area (Å²) in [5.74, 6) is -1.31. The number of benzene rings is 2. The van der Waals surface area contributed by atoms with Crippen LogP contribution in [-0.2, 0) is 0 Å². The predicted octanol–water partition coefficient (Wildman–Crippen LogP) is 2.26. The van der Waals surface area contributed by atoms with Crippen LogP contribution < -0.4 is 0 Å². The fourth-order valence-corrected chi connectivity index (χ4v) is 1.42. The molecule has 0 saturated carbocycles. The van der Waals surface area contributed by atoms with Crippen LogP contribution in [-0.4, -0.2) is 26.6 Å². The van der Waals surface area contributed by atoms with Crippen molar-refractivity contribution in [3.8, 4) is 23.0 Å². The lowest BCUT2D eigenvalue weighted by atomic mass is 10.2. The van der Waals surface area contributed by atoms with Gasteiger partial charge in [-0.2, -0.15) is 0 Å². The molecule has 0 unspecified atom stereocenters. The number of phenolic OH excluding ortho intramolecular Hbond substituents is 4. The molecule has 0 aromatic heterocycles. The average molecular weight is 245 g/mol. The molecule has 0 heterocycles. The van der Waals surface area contributed by atoms with E-state index in [0.717, 1.165) is 0 Å². The highest BCUT2D eigenvalue weighted by Gasteiger charge is 2.06. The highest BCUT2D eigenvalue weighted by atomic mass is 16.3. The van der Waals surface area contributed by atoms with Crippen molar-refractivity contribution in [1.29, 1.82) is 0 Å². The Morgan fingerprint density at radius 1 is 0.889 bits per heavy atom. The Labute approximate surface area is 103 Å². The van der Waals surface area contributed by atoms with Crippen LogP contribution in [0.15, 0.2) is 41.4 Å². The highest BCUT2D eigenvalue weighted by Crippen LogP contribution is 2.34. The molecule has 0 saturated heterocycles. The first-order valence-corrected chi connectivity index (χ1v) is 5.14. The van der Waals surface area contributed by atoms with E-state index in [1.54, 1.807) is 12.1 Å². The monoisotopic (exact) mass is 245 g/mol. The van der Waals surface area contributed by atoms with Gasteiger partial charge in [-0.1, -0.05) is 6.07 Å². The highest BCUT2D eigenvalue weighted by molar-refractivity contribution is 5.84. The third kappa shape index (κ3) is 2.52. The summed E-state index contributed by atoms with van der Waals surface area (Å²) in [6, 6.07) is 8.86. The van der Waals surface area contributed by atoms with Crippen LogP contribution >= 0.6 is 0 Å². The van der Waals surface area contributed by atoms with Crippen molar-refractivity contribution in [2.75, 3.05) is 0 Å². The Balaban J connectivity index is 2.29. The first-order chi connectivity index (χ1) is 8.56. The second kappa shape index (κ2) is 4.67. The van der Waals surface area contributed by atoms with Gasteiger partial charge in [0.1, 0.15) is 5.75 Å². The molecule has 0 aliphatic carbocycles. The van der Waals surface area contributed by atoms with Crippen LogP contribution in [0.3, 0.4) is 0 Å². The summed E-state index contributed by atoms with van der Waals surface area (Å²) < 4.78 is 0. The molecule has 18 heavy (non-hydrogen) atoms. The average Bonchev–Trinajstić information content (AvgIpc) is 2.33. The van der Waals surface area contributed by atoms with Gasteiger partial charge in [0.2, 0.25) is 0 Å². The number of rotatable bonds is 2. The number of aliphatic imine (C=N–C) groups is 1. The van der Waals surface area contributed by atoms with Gasteiger partial charge >= 0.3 is 0 Å². The molecule has 4 N–H and O–H groups in total. The fourth-order valence-electron chi connectivity index (χ4n) is 1.42. The molecule has 2 rings (SSSR count). The summed E-state index contributed by atoms with van der Waals surface area (Å²) in [7, 11) is 0. The molecule has 0 fully saturated rings. The Kier molecular flexibility index (Phi) is 3.05. The zero-order valence-corrected chi connectivity index (χ0v) is 9.28. The van der Waals surface area contributed by atoms with Crippen LogP contribution in [0.1, 0.15) is 5.56 Å². The fraction of sp³-hybridized carbons (Fsp3) is 0. The summed E-state index contributed by atoms with van der Waals surface area (Å²) in [6.45, 7) is 0. The van der Waals surface area contributed by atoms with E-state index in [9.17, 15) is 20.4 Å². The zero-order chi connectivity index (χ0) is 13.1. The van der Waals surface area contributed by atoms with Crippen LogP contribution in [0.5, 0.6) is 23.0 Å². The van der Waals surface area contributed by atoms with Crippen LogP contribution in [0.25, 0.3) is 0 Å². The number of aromatic hydroxyl groups is 4. The minimum absolute atomic E-state index is 0.0982. The van der Waals surface area contributed by atoms with Crippen molar-refractivity contribution in [1.82, 2.24) is 0 Å². The van der Waals surface area contributed by atoms with Gasteiger partial charge in [-0.25, -0.2) is 0 Å². The van der Waals surface area contributed by atoms with Crippen LogP contribution in [0.2, 0.25) is 0 Å². The topological polar surface area (TPSA) is 93.3 Å². The molecule has 0 bridgehead atoms. The van der Waals surface area contributed by atoms with Gasteiger partial charge in [-0.15, -0.1) is 0 Å². The number of nitrogens with zero attached hydrogens (tertiary/aromatic N) is 1. The number of hydrogen-bond acceptors (Lipinski definition) is 5. The molecule has 0 spiro atoms. The van der Waals surface area contributed by atoms with E-state index >= 15 is 0 Å². The maximum atomic E-state index is 9.31. The van der Waals surface area contributed by atoms with Crippen molar-refractivity contribution >= 4 is 11.9 Å². The van der Waals surface area contributed by atoms with Crippen molar-refractivity contribution in [3.05, 3.63) is 42.0 Å². The summed E-state index contributed by atoms with van der Waals surface area (Å²) in [6.07, 6.45) is 1.40. The largest absolute Gasteiger partial charge is 0.508 e. The van der Waals surface area contributed by atoms with E-state index in [-0.39, 0.29) is 5.75 Å². The van der Waals surface area contributed by atoms with Crippen molar-refractivity contribution < 1.29 is 20.4 Å². The summed E-state index contributed by atoms with van der Waals surface area (Å²) >= 11 is 0. The third-order valence-electron chi connectivity index (χ3n) is 2.28. The molecule has 2 aromatic carbocycles. The Hall–Kier alpha value is -2.69. The lowest BCUT2D eigenvalue weighted by molar-refractivity contribution is 0.368. The predicted molar refractivity (Wildman–Crippen MR) is 66.8 cm³/mol.